The van der Waals surface area contributed by atoms with Crippen molar-refractivity contribution in [1.82, 2.24) is 0 Å². The van der Waals surface area contributed by atoms with Gasteiger partial charge in [-0.05, 0) is 24.8 Å². The van der Waals surface area contributed by atoms with Crippen molar-refractivity contribution < 1.29 is 17.9 Å². The van der Waals surface area contributed by atoms with Crippen LogP contribution in [0.4, 0.5) is 13.2 Å². The average molecular weight is 296 g/mol. The molecule has 2 N–H and O–H groups in total. The van der Waals surface area contributed by atoms with Gasteiger partial charge < -0.3 is 10.5 Å². The van der Waals surface area contributed by atoms with Gasteiger partial charge in [0.2, 0.25) is 0 Å². The largest absolute Gasteiger partial charge is 0.573 e. The van der Waals surface area contributed by atoms with Gasteiger partial charge in [-0.15, -0.1) is 25.6 Å². The molecule has 1 aliphatic rings. The Morgan fingerprint density at radius 1 is 1.16 bits per heavy atom. The zero-order valence-corrected chi connectivity index (χ0v) is 11.1. The Morgan fingerprint density at radius 2 is 1.74 bits per heavy atom. The molecule has 0 unspecified atom stereocenters. The molecule has 0 heterocycles. The fourth-order valence-electron chi connectivity index (χ4n) is 2.54. The van der Waals surface area contributed by atoms with E-state index in [4.69, 9.17) is 5.73 Å². The Labute approximate surface area is 116 Å². The van der Waals surface area contributed by atoms with E-state index in [1.165, 1.54) is 12.1 Å². The molecule has 0 amide bonds. The number of halogens is 4. The average Bonchev–Trinajstić information content (AvgIpc) is 2.80. The first-order valence-corrected chi connectivity index (χ1v) is 6.07. The maximum absolute atomic E-state index is 12.3. The fraction of sp³-hybridized carbons (Fsp3) is 0.538. The third-order valence-corrected chi connectivity index (χ3v) is 3.41. The third kappa shape index (κ3) is 4.28. The molecule has 0 radical (unpaired) electrons. The summed E-state index contributed by atoms with van der Waals surface area (Å²) in [5.41, 5.74) is 6.52. The summed E-state index contributed by atoms with van der Waals surface area (Å²) in [6.07, 6.45) is -0.532. The molecule has 1 aromatic carbocycles. The van der Waals surface area contributed by atoms with Crippen LogP contribution in [0.2, 0.25) is 0 Å². The van der Waals surface area contributed by atoms with E-state index in [1.54, 1.807) is 12.1 Å². The Kier molecular flexibility index (Phi) is 5.50. The van der Waals surface area contributed by atoms with Crippen LogP contribution in [0, 0.1) is 5.92 Å². The predicted molar refractivity (Wildman–Crippen MR) is 69.3 cm³/mol. The predicted octanol–water partition coefficient (Wildman–Crippen LogP) is 4.20. The van der Waals surface area contributed by atoms with Crippen molar-refractivity contribution in [2.24, 2.45) is 11.7 Å². The van der Waals surface area contributed by atoms with E-state index in [0.29, 0.717) is 5.56 Å². The van der Waals surface area contributed by atoms with Gasteiger partial charge in [-0.1, -0.05) is 31.0 Å². The molecular formula is C13H17ClF3NO. The van der Waals surface area contributed by atoms with Crippen LogP contribution in [0.5, 0.6) is 5.75 Å². The number of nitrogens with two attached hydrogens (primary N) is 1. The monoisotopic (exact) mass is 295 g/mol. The lowest BCUT2D eigenvalue weighted by atomic mass is 9.92. The van der Waals surface area contributed by atoms with Gasteiger partial charge in [0.05, 0.1) is 0 Å². The SMILES string of the molecule is Cl.N[C@H](c1ccccc1OC(F)(F)F)C1CCCC1. The molecule has 1 fully saturated rings. The number of hydrogen-bond acceptors (Lipinski definition) is 2. The van der Waals surface area contributed by atoms with Crippen molar-refractivity contribution >= 4 is 12.4 Å². The lowest BCUT2D eigenvalue weighted by Crippen LogP contribution is -2.23. The van der Waals surface area contributed by atoms with Crippen LogP contribution in [0.3, 0.4) is 0 Å². The van der Waals surface area contributed by atoms with E-state index in [-0.39, 0.29) is 30.1 Å². The summed E-state index contributed by atoms with van der Waals surface area (Å²) in [5, 5.41) is 0. The summed E-state index contributed by atoms with van der Waals surface area (Å²) in [4.78, 5) is 0. The minimum absolute atomic E-state index is 0. The number of para-hydroxylation sites is 1. The number of hydrogen-bond donors (Lipinski definition) is 1. The summed E-state index contributed by atoms with van der Waals surface area (Å²) in [6.45, 7) is 0. The minimum atomic E-state index is -4.68. The van der Waals surface area contributed by atoms with Crippen molar-refractivity contribution in [3.05, 3.63) is 29.8 Å². The van der Waals surface area contributed by atoms with Gasteiger partial charge in [0.15, 0.2) is 0 Å². The molecule has 1 aromatic rings. The first-order valence-electron chi connectivity index (χ1n) is 6.07. The number of ether oxygens (including phenoxy) is 1. The number of alkyl halides is 3. The number of benzene rings is 1. The van der Waals surface area contributed by atoms with Crippen molar-refractivity contribution in [2.75, 3.05) is 0 Å². The standard InChI is InChI=1S/C13H16F3NO.ClH/c14-13(15,16)18-11-8-4-3-7-10(11)12(17)9-5-1-2-6-9;/h3-4,7-9,12H,1-2,5-6,17H2;1H/t12-;/m0./s1. The molecule has 0 spiro atoms. The van der Waals surface area contributed by atoms with Gasteiger partial charge in [-0.2, -0.15) is 0 Å². The maximum Gasteiger partial charge on any atom is 0.573 e. The van der Waals surface area contributed by atoms with Crippen LogP contribution in [0.25, 0.3) is 0 Å². The molecule has 1 atom stereocenters. The van der Waals surface area contributed by atoms with E-state index in [9.17, 15) is 13.2 Å². The molecule has 2 nitrogen and oxygen atoms in total. The topological polar surface area (TPSA) is 35.2 Å². The second kappa shape index (κ2) is 6.48. The normalized spacial score (nSPS) is 17.9. The van der Waals surface area contributed by atoms with E-state index < -0.39 is 6.36 Å². The zero-order chi connectivity index (χ0) is 13.2. The Hall–Kier alpha value is -0.940. The molecule has 6 heteroatoms. The second-order valence-electron chi connectivity index (χ2n) is 4.66. The molecular weight excluding hydrogens is 279 g/mol. The Bertz CT molecular complexity index is 405. The molecule has 1 saturated carbocycles. The quantitative estimate of drug-likeness (QED) is 0.907. The van der Waals surface area contributed by atoms with E-state index in [1.807, 2.05) is 0 Å². The molecule has 1 aliphatic carbocycles. The Balaban J connectivity index is 0.00000180. The molecule has 108 valence electrons. The van der Waals surface area contributed by atoms with Gasteiger partial charge in [0.25, 0.3) is 0 Å². The van der Waals surface area contributed by atoms with Gasteiger partial charge in [-0.3, -0.25) is 0 Å². The maximum atomic E-state index is 12.3. The lowest BCUT2D eigenvalue weighted by molar-refractivity contribution is -0.275. The van der Waals surface area contributed by atoms with Gasteiger partial charge in [0, 0.05) is 11.6 Å². The van der Waals surface area contributed by atoms with Crippen molar-refractivity contribution in [3.8, 4) is 5.75 Å². The molecule has 0 aromatic heterocycles. The van der Waals surface area contributed by atoms with Crippen molar-refractivity contribution in [1.29, 1.82) is 0 Å². The fourth-order valence-corrected chi connectivity index (χ4v) is 2.54. The first-order chi connectivity index (χ1) is 8.47. The zero-order valence-electron chi connectivity index (χ0n) is 10.3. The molecule has 0 saturated heterocycles. The van der Waals surface area contributed by atoms with Crippen molar-refractivity contribution in [3.63, 3.8) is 0 Å². The van der Waals surface area contributed by atoms with Crippen LogP contribution in [0.1, 0.15) is 37.3 Å². The molecule has 0 bridgehead atoms. The summed E-state index contributed by atoms with van der Waals surface area (Å²) in [6, 6.07) is 5.76. The van der Waals surface area contributed by atoms with Crippen LogP contribution >= 0.6 is 12.4 Å². The first kappa shape index (κ1) is 16.1. The highest BCUT2D eigenvalue weighted by atomic mass is 35.5. The Morgan fingerprint density at radius 3 is 2.32 bits per heavy atom. The molecule has 2 rings (SSSR count). The second-order valence-corrected chi connectivity index (χ2v) is 4.66. The highest BCUT2D eigenvalue weighted by molar-refractivity contribution is 5.85. The summed E-state index contributed by atoms with van der Waals surface area (Å²) in [7, 11) is 0. The van der Waals surface area contributed by atoms with Gasteiger partial charge >= 0.3 is 6.36 Å². The van der Waals surface area contributed by atoms with Crippen LogP contribution in [-0.2, 0) is 0 Å². The van der Waals surface area contributed by atoms with E-state index in [2.05, 4.69) is 4.74 Å². The highest BCUT2D eigenvalue weighted by Gasteiger charge is 2.33. The smallest absolute Gasteiger partial charge is 0.405 e. The molecule has 19 heavy (non-hydrogen) atoms. The van der Waals surface area contributed by atoms with Crippen LogP contribution in [0.15, 0.2) is 24.3 Å². The van der Waals surface area contributed by atoms with Crippen LogP contribution < -0.4 is 10.5 Å². The van der Waals surface area contributed by atoms with E-state index >= 15 is 0 Å². The summed E-state index contributed by atoms with van der Waals surface area (Å²) in [5.74, 6) is 0.0763. The highest BCUT2D eigenvalue weighted by Crippen LogP contribution is 2.38. The minimum Gasteiger partial charge on any atom is -0.405 e. The summed E-state index contributed by atoms with van der Waals surface area (Å²) < 4.78 is 40.9. The summed E-state index contributed by atoms with van der Waals surface area (Å²) >= 11 is 0. The lowest BCUT2D eigenvalue weighted by Gasteiger charge is -2.22. The van der Waals surface area contributed by atoms with Crippen molar-refractivity contribution in [2.45, 2.75) is 38.1 Å². The van der Waals surface area contributed by atoms with Crippen LogP contribution in [-0.4, -0.2) is 6.36 Å². The molecule has 0 aliphatic heterocycles. The third-order valence-electron chi connectivity index (χ3n) is 3.41. The van der Waals surface area contributed by atoms with Gasteiger partial charge in [0.1, 0.15) is 5.75 Å². The number of rotatable bonds is 3. The van der Waals surface area contributed by atoms with E-state index in [0.717, 1.165) is 25.7 Å². The van der Waals surface area contributed by atoms with Gasteiger partial charge in [-0.25, -0.2) is 0 Å².